The van der Waals surface area contributed by atoms with Gasteiger partial charge in [0.25, 0.3) is 0 Å². The number of rotatable bonds is 7. The van der Waals surface area contributed by atoms with Crippen molar-refractivity contribution in [2.75, 3.05) is 36.0 Å². The van der Waals surface area contributed by atoms with Gasteiger partial charge < -0.3 is 15.1 Å². The largest absolute Gasteiger partial charge is 0.342 e. The van der Waals surface area contributed by atoms with E-state index in [1.165, 1.54) is 0 Å². The minimum atomic E-state index is -3.43. The summed E-state index contributed by atoms with van der Waals surface area (Å²) in [6.07, 6.45) is 4.99. The molecule has 0 saturated carbocycles. The number of sulfonamides is 1. The molecule has 0 bridgehead atoms. The molecule has 2 heterocycles. The van der Waals surface area contributed by atoms with Gasteiger partial charge in [-0.15, -0.1) is 0 Å². The van der Waals surface area contributed by atoms with Gasteiger partial charge in [0.2, 0.25) is 15.9 Å². The smallest absolute Gasteiger partial charge is 0.250 e. The topological polar surface area (TPSA) is 94.1 Å². The number of fused-ring (bicyclic) bond motifs is 1. The highest BCUT2D eigenvalue weighted by Gasteiger charge is 2.35. The van der Waals surface area contributed by atoms with Crippen LogP contribution in [0.3, 0.4) is 0 Å². The lowest BCUT2D eigenvalue weighted by molar-refractivity contribution is -0.131. The van der Waals surface area contributed by atoms with E-state index in [-0.39, 0.29) is 11.9 Å². The first-order chi connectivity index (χ1) is 19.0. The van der Waals surface area contributed by atoms with E-state index in [0.717, 1.165) is 64.8 Å². The van der Waals surface area contributed by atoms with Crippen LogP contribution in [-0.4, -0.2) is 58.0 Å². The molecule has 8 nitrogen and oxygen atoms in total. The molecule has 210 valence electrons. The van der Waals surface area contributed by atoms with Crippen molar-refractivity contribution in [3.8, 4) is 11.1 Å². The number of hydrogen-bond donors (Lipinski definition) is 2. The Balaban J connectivity index is 1.60. The summed E-state index contributed by atoms with van der Waals surface area (Å²) in [5, 5.41) is 4.07. The van der Waals surface area contributed by atoms with Crippen LogP contribution in [-0.2, 0) is 14.8 Å². The number of nitrogens with one attached hydrogen (secondary N) is 2. The van der Waals surface area contributed by atoms with Crippen LogP contribution in [0.15, 0.2) is 59.6 Å². The third-order valence-corrected chi connectivity index (χ3v) is 8.16. The predicted octanol–water partition coefficient (Wildman–Crippen LogP) is 5.43. The van der Waals surface area contributed by atoms with E-state index in [9.17, 15) is 13.2 Å². The van der Waals surface area contributed by atoms with Crippen LogP contribution < -0.4 is 14.9 Å². The number of benzene rings is 3. The van der Waals surface area contributed by atoms with Crippen LogP contribution >= 0.6 is 11.6 Å². The normalized spacial score (nSPS) is 18.5. The zero-order valence-corrected chi connectivity index (χ0v) is 24.7. The molecule has 0 aliphatic carbocycles. The fraction of sp³-hybridized carbons (Fsp3) is 0.333. The maximum atomic E-state index is 14.2. The molecule has 2 N–H and O–H groups in total. The Hall–Kier alpha value is -3.40. The lowest BCUT2D eigenvalue weighted by atomic mass is 9.91. The van der Waals surface area contributed by atoms with Crippen molar-refractivity contribution in [2.24, 2.45) is 4.99 Å². The van der Waals surface area contributed by atoms with E-state index in [0.29, 0.717) is 17.3 Å². The molecule has 1 amide bonds. The van der Waals surface area contributed by atoms with Gasteiger partial charge >= 0.3 is 0 Å². The molecular weight excluding hydrogens is 546 g/mol. The van der Waals surface area contributed by atoms with E-state index >= 15 is 0 Å². The third-order valence-electron chi connectivity index (χ3n) is 7.34. The van der Waals surface area contributed by atoms with Crippen molar-refractivity contribution in [3.63, 3.8) is 0 Å². The summed E-state index contributed by atoms with van der Waals surface area (Å²) in [5.41, 5.74) is 6.45. The minimum absolute atomic E-state index is 0.0407. The molecule has 3 aromatic rings. The second kappa shape index (κ2) is 11.2. The molecule has 2 aliphatic rings. The quantitative estimate of drug-likeness (QED) is 0.389. The number of carbonyl (C=O) groups is 1. The number of likely N-dealkylation sites (N-methyl/N-ethyl adjacent to an activating group) is 1. The minimum Gasteiger partial charge on any atom is -0.342 e. The molecule has 3 aromatic carbocycles. The zero-order chi connectivity index (χ0) is 28.6. The standard InChI is InChI=1S/C30H34ClN5O3S/c1-19-11-22(31)15-25(12-19)36-18-33-28-13-20(2)26(21-7-5-8-23(14-21)34-40(4,38)39)16-27(28)29(36)30(37)35(3)17-24-9-6-10-32-24/h5,7-8,11-16,18,24,29,32,34H,6,9-10,17H2,1-4H3/t24-,29?/m0/s1. The van der Waals surface area contributed by atoms with Gasteiger partial charge in [0.15, 0.2) is 0 Å². The maximum Gasteiger partial charge on any atom is 0.250 e. The molecule has 0 spiro atoms. The van der Waals surface area contributed by atoms with Gasteiger partial charge in [-0.05, 0) is 98.0 Å². The molecule has 2 aliphatic heterocycles. The van der Waals surface area contributed by atoms with Gasteiger partial charge in [-0.2, -0.15) is 0 Å². The van der Waals surface area contributed by atoms with Crippen LogP contribution in [0.5, 0.6) is 0 Å². The van der Waals surface area contributed by atoms with Gasteiger partial charge in [-0.3, -0.25) is 9.52 Å². The summed E-state index contributed by atoms with van der Waals surface area (Å²) in [4.78, 5) is 22.7. The zero-order valence-electron chi connectivity index (χ0n) is 23.1. The van der Waals surface area contributed by atoms with Gasteiger partial charge in [0.1, 0.15) is 6.04 Å². The van der Waals surface area contributed by atoms with E-state index < -0.39 is 16.1 Å². The predicted molar refractivity (Wildman–Crippen MR) is 163 cm³/mol. The molecule has 1 unspecified atom stereocenters. The Bertz CT molecular complexity index is 1560. The van der Waals surface area contributed by atoms with Crippen LogP contribution in [0.25, 0.3) is 11.1 Å². The number of nitrogens with zero attached hydrogens (tertiary/aromatic N) is 3. The number of amides is 1. The van der Waals surface area contributed by atoms with Gasteiger partial charge in [0, 0.05) is 41.6 Å². The van der Waals surface area contributed by atoms with Crippen molar-refractivity contribution < 1.29 is 13.2 Å². The summed E-state index contributed by atoms with van der Waals surface area (Å²) in [6.45, 7) is 5.54. The molecule has 1 saturated heterocycles. The van der Waals surface area contributed by atoms with E-state index in [1.54, 1.807) is 23.4 Å². The molecule has 0 radical (unpaired) electrons. The van der Waals surface area contributed by atoms with Crippen molar-refractivity contribution in [1.29, 1.82) is 0 Å². The Morgan fingerprint density at radius 2 is 1.98 bits per heavy atom. The number of anilines is 2. The summed E-state index contributed by atoms with van der Waals surface area (Å²) in [5.74, 6) is -0.0407. The lowest BCUT2D eigenvalue weighted by Crippen LogP contribution is -2.46. The summed E-state index contributed by atoms with van der Waals surface area (Å²) in [7, 11) is -1.58. The molecular formula is C30H34ClN5O3S. The van der Waals surface area contributed by atoms with Crippen molar-refractivity contribution in [3.05, 3.63) is 76.3 Å². The fourth-order valence-electron chi connectivity index (χ4n) is 5.53. The first-order valence-electron chi connectivity index (χ1n) is 13.3. The first kappa shape index (κ1) is 28.1. The van der Waals surface area contributed by atoms with Crippen LogP contribution in [0.1, 0.15) is 35.6 Å². The SMILES string of the molecule is Cc1cc(Cl)cc(N2C=Nc3cc(C)c(-c4cccc(NS(C)(=O)=O)c4)cc3C2C(=O)N(C)C[C@@H]2CCCN2)c1. The second-order valence-corrected chi connectivity index (χ2v) is 12.9. The Morgan fingerprint density at radius 3 is 2.67 bits per heavy atom. The molecule has 10 heteroatoms. The van der Waals surface area contributed by atoms with Crippen molar-refractivity contribution in [2.45, 2.75) is 38.8 Å². The molecule has 40 heavy (non-hydrogen) atoms. The highest BCUT2D eigenvalue weighted by atomic mass is 35.5. The highest BCUT2D eigenvalue weighted by Crippen LogP contribution is 2.41. The summed E-state index contributed by atoms with van der Waals surface area (Å²) in [6, 6.07) is 16.6. The fourth-order valence-corrected chi connectivity index (χ4v) is 6.37. The van der Waals surface area contributed by atoms with E-state index in [2.05, 4.69) is 10.0 Å². The Labute approximate surface area is 241 Å². The number of aryl methyl sites for hydroxylation is 2. The number of hydrogen-bond acceptors (Lipinski definition) is 6. The summed E-state index contributed by atoms with van der Waals surface area (Å²) >= 11 is 6.44. The van der Waals surface area contributed by atoms with Crippen LogP contribution in [0, 0.1) is 13.8 Å². The average molecular weight is 580 g/mol. The van der Waals surface area contributed by atoms with Crippen LogP contribution in [0.4, 0.5) is 17.1 Å². The monoisotopic (exact) mass is 579 g/mol. The number of carbonyl (C=O) groups excluding carboxylic acids is 1. The Morgan fingerprint density at radius 1 is 1.18 bits per heavy atom. The summed E-state index contributed by atoms with van der Waals surface area (Å²) < 4.78 is 26.2. The number of aliphatic imine (C=N–C) groups is 1. The second-order valence-electron chi connectivity index (χ2n) is 10.7. The first-order valence-corrected chi connectivity index (χ1v) is 15.6. The molecule has 0 aromatic heterocycles. The number of halogens is 1. The van der Waals surface area contributed by atoms with Crippen molar-refractivity contribution >= 4 is 50.9 Å². The average Bonchev–Trinajstić information content (AvgIpc) is 3.39. The maximum absolute atomic E-state index is 14.2. The van der Waals surface area contributed by atoms with Gasteiger partial charge in [-0.25, -0.2) is 13.4 Å². The van der Waals surface area contributed by atoms with E-state index in [1.807, 2.05) is 68.3 Å². The third kappa shape index (κ3) is 6.16. The Kier molecular flexibility index (Phi) is 7.90. The van der Waals surface area contributed by atoms with Gasteiger partial charge in [-0.1, -0.05) is 23.7 Å². The molecule has 2 atom stereocenters. The van der Waals surface area contributed by atoms with Crippen molar-refractivity contribution in [1.82, 2.24) is 10.2 Å². The van der Waals surface area contributed by atoms with Gasteiger partial charge in [0.05, 0.1) is 18.3 Å². The van der Waals surface area contributed by atoms with E-state index in [4.69, 9.17) is 16.6 Å². The molecule has 5 rings (SSSR count). The van der Waals surface area contributed by atoms with Crippen LogP contribution in [0.2, 0.25) is 5.02 Å². The lowest BCUT2D eigenvalue weighted by Gasteiger charge is -2.36. The molecule has 1 fully saturated rings. The highest BCUT2D eigenvalue weighted by molar-refractivity contribution is 7.92.